The number of ether oxygens (including phenoxy) is 1. The van der Waals surface area contributed by atoms with E-state index in [1.807, 2.05) is 54.6 Å². The van der Waals surface area contributed by atoms with Gasteiger partial charge in [-0.15, -0.1) is 11.3 Å². The number of benzene rings is 2. The van der Waals surface area contributed by atoms with Gasteiger partial charge in [0.05, 0.1) is 5.97 Å². The van der Waals surface area contributed by atoms with Crippen molar-refractivity contribution in [2.24, 2.45) is 0 Å². The molecule has 4 heteroatoms. The minimum absolute atomic E-state index is 0.212. The lowest BCUT2D eigenvalue weighted by Gasteiger charge is -2.08. The zero-order valence-corrected chi connectivity index (χ0v) is 13.7. The summed E-state index contributed by atoms with van der Waals surface area (Å²) in [6.07, 6.45) is 1.65. The normalized spacial score (nSPS) is 12.5. The van der Waals surface area contributed by atoms with Crippen molar-refractivity contribution in [3.05, 3.63) is 65.0 Å². The van der Waals surface area contributed by atoms with Gasteiger partial charge in [0.2, 0.25) is 0 Å². The molecular formula is C20H13O3S-. The number of para-hydroxylation sites is 2. The van der Waals surface area contributed by atoms with E-state index in [0.29, 0.717) is 0 Å². The fourth-order valence-electron chi connectivity index (χ4n) is 2.79. The van der Waals surface area contributed by atoms with E-state index in [0.717, 1.165) is 37.9 Å². The summed E-state index contributed by atoms with van der Waals surface area (Å²) in [4.78, 5) is 13.0. The molecular weight excluding hydrogens is 320 g/mol. The average molecular weight is 333 g/mol. The lowest BCUT2D eigenvalue weighted by atomic mass is 10.0. The molecule has 0 amide bonds. The van der Waals surface area contributed by atoms with Gasteiger partial charge in [0.1, 0.15) is 11.5 Å². The van der Waals surface area contributed by atoms with Crippen molar-refractivity contribution in [3.63, 3.8) is 0 Å². The van der Waals surface area contributed by atoms with Crippen LogP contribution < -0.4 is 9.84 Å². The maximum Gasteiger partial charge on any atom is 0.136 e. The Hall–Kier alpha value is -2.85. The van der Waals surface area contributed by atoms with Crippen molar-refractivity contribution in [2.45, 2.75) is 6.92 Å². The zero-order chi connectivity index (χ0) is 16.7. The maximum absolute atomic E-state index is 11.0. The molecule has 0 bridgehead atoms. The lowest BCUT2D eigenvalue weighted by Crippen LogP contribution is -2.22. The quantitative estimate of drug-likeness (QED) is 0.513. The van der Waals surface area contributed by atoms with Crippen molar-refractivity contribution in [2.75, 3.05) is 0 Å². The second kappa shape index (κ2) is 5.65. The van der Waals surface area contributed by atoms with Crippen LogP contribution in [0.2, 0.25) is 0 Å². The average Bonchev–Trinajstić information content (AvgIpc) is 2.94. The van der Waals surface area contributed by atoms with Gasteiger partial charge in [-0.05, 0) is 42.8 Å². The Bertz CT molecular complexity index is 919. The SMILES string of the molecule is C/C(=C\c1cc2c(s1)-c1ccccc1Oc1ccccc1-2)C(=O)[O-]. The van der Waals surface area contributed by atoms with Crippen LogP contribution in [-0.4, -0.2) is 5.97 Å². The number of thiophene rings is 1. The summed E-state index contributed by atoms with van der Waals surface area (Å²) in [5, 5.41) is 11.0. The zero-order valence-electron chi connectivity index (χ0n) is 12.9. The molecule has 0 atom stereocenters. The van der Waals surface area contributed by atoms with E-state index in [1.165, 1.54) is 0 Å². The van der Waals surface area contributed by atoms with E-state index in [-0.39, 0.29) is 5.57 Å². The van der Waals surface area contributed by atoms with E-state index >= 15 is 0 Å². The highest BCUT2D eigenvalue weighted by molar-refractivity contribution is 7.17. The predicted octanol–water partition coefficient (Wildman–Crippen LogP) is 4.34. The molecule has 3 nitrogen and oxygen atoms in total. The van der Waals surface area contributed by atoms with Crippen molar-refractivity contribution in [1.82, 2.24) is 0 Å². The molecule has 0 saturated heterocycles. The summed E-state index contributed by atoms with van der Waals surface area (Å²) in [6.45, 7) is 1.55. The van der Waals surface area contributed by atoms with Crippen molar-refractivity contribution in [3.8, 4) is 33.1 Å². The largest absolute Gasteiger partial charge is 0.545 e. The minimum Gasteiger partial charge on any atom is -0.545 e. The van der Waals surface area contributed by atoms with E-state index in [1.54, 1.807) is 24.3 Å². The molecule has 0 N–H and O–H groups in total. The van der Waals surface area contributed by atoms with E-state index in [4.69, 9.17) is 4.74 Å². The Labute approximate surface area is 143 Å². The second-order valence-corrected chi connectivity index (χ2v) is 6.68. The first-order chi connectivity index (χ1) is 11.6. The smallest absolute Gasteiger partial charge is 0.136 e. The first-order valence-electron chi connectivity index (χ1n) is 7.53. The fraction of sp³-hybridized carbons (Fsp3) is 0.0500. The number of carbonyl (C=O) groups is 1. The monoisotopic (exact) mass is 333 g/mol. The van der Waals surface area contributed by atoms with Crippen molar-refractivity contribution in [1.29, 1.82) is 0 Å². The number of hydrogen-bond donors (Lipinski definition) is 0. The Balaban J connectivity index is 1.98. The Morgan fingerprint density at radius 2 is 1.62 bits per heavy atom. The van der Waals surface area contributed by atoms with Crippen molar-refractivity contribution >= 4 is 23.4 Å². The molecule has 0 saturated carbocycles. The van der Waals surface area contributed by atoms with Gasteiger partial charge in [0.15, 0.2) is 0 Å². The summed E-state index contributed by atoms with van der Waals surface area (Å²) in [7, 11) is 0. The second-order valence-electron chi connectivity index (χ2n) is 5.60. The number of rotatable bonds is 2. The van der Waals surface area contributed by atoms with Crippen LogP contribution >= 0.6 is 11.3 Å². The molecule has 0 radical (unpaired) electrons. The van der Waals surface area contributed by atoms with Gasteiger partial charge in [-0.25, -0.2) is 0 Å². The summed E-state index contributed by atoms with van der Waals surface area (Å²) in [5.41, 5.74) is 3.28. The highest BCUT2D eigenvalue weighted by Gasteiger charge is 2.22. The van der Waals surface area contributed by atoms with E-state index < -0.39 is 5.97 Å². The minimum atomic E-state index is -1.15. The summed E-state index contributed by atoms with van der Waals surface area (Å²) < 4.78 is 6.09. The van der Waals surface area contributed by atoms with Crippen LogP contribution in [0.4, 0.5) is 0 Å². The maximum atomic E-state index is 11.0. The number of hydrogen-bond acceptors (Lipinski definition) is 4. The number of carboxylic acids is 1. The number of aliphatic carboxylic acids is 1. The van der Waals surface area contributed by atoms with Crippen molar-refractivity contribution < 1.29 is 14.6 Å². The third kappa shape index (κ3) is 2.41. The highest BCUT2D eigenvalue weighted by atomic mass is 32.1. The Morgan fingerprint density at radius 3 is 2.33 bits per heavy atom. The van der Waals surface area contributed by atoms with E-state index in [9.17, 15) is 9.90 Å². The standard InChI is InChI=1S/C20H14O3S/c1-12(20(21)22)10-13-11-16-14-6-2-4-8-17(14)23-18-9-5-3-7-15(18)19(16)24-13/h2-11H,1H3,(H,21,22)/p-1/b12-10+. The van der Waals surface area contributed by atoms with Gasteiger partial charge in [0, 0.05) is 26.4 Å². The molecule has 1 aromatic heterocycles. The first kappa shape index (κ1) is 14.7. The Morgan fingerprint density at radius 1 is 1.00 bits per heavy atom. The molecule has 2 aromatic carbocycles. The van der Waals surface area contributed by atoms with Gasteiger partial charge < -0.3 is 14.6 Å². The molecule has 0 aliphatic carbocycles. The molecule has 0 fully saturated rings. The highest BCUT2D eigenvalue weighted by Crippen LogP contribution is 2.50. The molecule has 1 aliphatic rings. The van der Waals surface area contributed by atoms with Gasteiger partial charge in [0.25, 0.3) is 0 Å². The van der Waals surface area contributed by atoms with Gasteiger partial charge in [-0.2, -0.15) is 0 Å². The number of carboxylic acid groups (broad SMARTS) is 1. The van der Waals surface area contributed by atoms with Crippen LogP contribution in [0, 0.1) is 0 Å². The summed E-state index contributed by atoms with van der Waals surface area (Å²) in [6, 6.07) is 17.8. The van der Waals surface area contributed by atoms with Crippen LogP contribution in [-0.2, 0) is 4.79 Å². The van der Waals surface area contributed by atoms with Gasteiger partial charge in [-0.1, -0.05) is 30.3 Å². The molecule has 0 unspecified atom stereocenters. The molecule has 118 valence electrons. The third-order valence-corrected chi connectivity index (χ3v) is 5.08. The van der Waals surface area contributed by atoms with Crippen LogP contribution in [0.3, 0.4) is 0 Å². The van der Waals surface area contributed by atoms with Crippen LogP contribution in [0.1, 0.15) is 11.8 Å². The van der Waals surface area contributed by atoms with Crippen LogP contribution in [0.25, 0.3) is 27.6 Å². The molecule has 2 heterocycles. The summed E-state index contributed by atoms with van der Waals surface area (Å²) >= 11 is 1.55. The summed E-state index contributed by atoms with van der Waals surface area (Å²) in [5.74, 6) is 0.453. The molecule has 24 heavy (non-hydrogen) atoms. The van der Waals surface area contributed by atoms with Crippen LogP contribution in [0.5, 0.6) is 11.5 Å². The predicted molar refractivity (Wildman–Crippen MR) is 93.9 cm³/mol. The van der Waals surface area contributed by atoms with Crippen LogP contribution in [0.15, 0.2) is 60.2 Å². The van der Waals surface area contributed by atoms with Gasteiger partial charge >= 0.3 is 0 Å². The topological polar surface area (TPSA) is 49.4 Å². The lowest BCUT2D eigenvalue weighted by molar-refractivity contribution is -0.299. The van der Waals surface area contributed by atoms with E-state index in [2.05, 4.69) is 0 Å². The Kier molecular flexibility index (Phi) is 3.47. The molecule has 3 aromatic rings. The first-order valence-corrected chi connectivity index (χ1v) is 8.35. The molecule has 4 rings (SSSR count). The molecule has 1 aliphatic heterocycles. The fourth-order valence-corrected chi connectivity index (χ4v) is 4.00. The number of fused-ring (bicyclic) bond motifs is 5. The third-order valence-electron chi connectivity index (χ3n) is 3.96. The number of carbonyl (C=O) groups excluding carboxylic acids is 1. The molecule has 0 spiro atoms. The van der Waals surface area contributed by atoms with Gasteiger partial charge in [-0.3, -0.25) is 0 Å².